The van der Waals surface area contributed by atoms with Crippen LogP contribution in [0, 0.1) is 0 Å². The van der Waals surface area contributed by atoms with E-state index < -0.39 is 0 Å². The molecule has 0 heterocycles. The van der Waals surface area contributed by atoms with Gasteiger partial charge in [0.1, 0.15) is 6.61 Å². The molecule has 0 aliphatic carbocycles. The standard InChI is InChI=1S/C9H19O3/c1-2-3-6-11-7-4-8-12-9-5-10/h2-9H2,1H3. The molecular weight excluding hydrogens is 156 g/mol. The van der Waals surface area contributed by atoms with Gasteiger partial charge in [0.15, 0.2) is 0 Å². The topological polar surface area (TPSA) is 38.4 Å². The van der Waals surface area contributed by atoms with Crippen molar-refractivity contribution in [3.05, 3.63) is 0 Å². The smallest absolute Gasteiger partial charge is 0.106 e. The van der Waals surface area contributed by atoms with Gasteiger partial charge in [0.25, 0.3) is 0 Å². The lowest BCUT2D eigenvalue weighted by Crippen LogP contribution is -2.04. The van der Waals surface area contributed by atoms with Gasteiger partial charge in [0.2, 0.25) is 0 Å². The molecule has 0 bridgehead atoms. The number of hydrogen-bond donors (Lipinski definition) is 0. The lowest BCUT2D eigenvalue weighted by atomic mass is 10.4. The summed E-state index contributed by atoms with van der Waals surface area (Å²) in [7, 11) is 0. The van der Waals surface area contributed by atoms with Gasteiger partial charge >= 0.3 is 0 Å². The van der Waals surface area contributed by atoms with Gasteiger partial charge in [-0.25, -0.2) is 5.11 Å². The van der Waals surface area contributed by atoms with Crippen molar-refractivity contribution >= 4 is 0 Å². The molecular formula is C9H19O3. The highest BCUT2D eigenvalue weighted by Gasteiger charge is 1.89. The third-order valence-electron chi connectivity index (χ3n) is 1.45. The van der Waals surface area contributed by atoms with E-state index in [9.17, 15) is 5.11 Å². The van der Waals surface area contributed by atoms with Gasteiger partial charge in [-0.15, -0.1) is 0 Å². The average molecular weight is 175 g/mol. The van der Waals surface area contributed by atoms with Crippen LogP contribution in [-0.4, -0.2) is 33.0 Å². The monoisotopic (exact) mass is 175 g/mol. The van der Waals surface area contributed by atoms with Crippen LogP contribution in [-0.2, 0) is 14.6 Å². The Kier molecular flexibility index (Phi) is 10.8. The van der Waals surface area contributed by atoms with Gasteiger partial charge in [-0.05, 0) is 12.8 Å². The van der Waals surface area contributed by atoms with Crippen molar-refractivity contribution in [2.75, 3.05) is 33.0 Å². The molecule has 0 atom stereocenters. The van der Waals surface area contributed by atoms with Gasteiger partial charge < -0.3 is 9.47 Å². The van der Waals surface area contributed by atoms with Crippen LogP contribution in [0.4, 0.5) is 0 Å². The molecule has 0 aliphatic rings. The van der Waals surface area contributed by atoms with E-state index in [0.29, 0.717) is 13.2 Å². The lowest BCUT2D eigenvalue weighted by Gasteiger charge is -2.03. The summed E-state index contributed by atoms with van der Waals surface area (Å²) in [6.45, 7) is 4.57. The van der Waals surface area contributed by atoms with Gasteiger partial charge in [-0.1, -0.05) is 13.3 Å². The van der Waals surface area contributed by atoms with Crippen LogP contribution < -0.4 is 0 Å². The molecule has 12 heavy (non-hydrogen) atoms. The molecule has 0 aliphatic heterocycles. The Labute approximate surface area is 74.7 Å². The minimum Gasteiger partial charge on any atom is -0.381 e. The molecule has 0 amide bonds. The van der Waals surface area contributed by atoms with E-state index in [1.54, 1.807) is 0 Å². The lowest BCUT2D eigenvalue weighted by molar-refractivity contribution is 0.0460. The number of ether oxygens (including phenoxy) is 2. The highest BCUT2D eigenvalue weighted by molar-refractivity contribution is 4.36. The second-order valence-electron chi connectivity index (χ2n) is 2.64. The van der Waals surface area contributed by atoms with Crippen molar-refractivity contribution in [2.45, 2.75) is 26.2 Å². The maximum absolute atomic E-state index is 9.95. The molecule has 1 radical (unpaired) electrons. The highest BCUT2D eigenvalue weighted by Crippen LogP contribution is 1.90. The average Bonchev–Trinajstić information content (AvgIpc) is 2.10. The van der Waals surface area contributed by atoms with E-state index in [4.69, 9.17) is 9.47 Å². The zero-order valence-electron chi connectivity index (χ0n) is 7.88. The molecule has 0 saturated heterocycles. The fraction of sp³-hybridized carbons (Fsp3) is 1.00. The van der Waals surface area contributed by atoms with Crippen LogP contribution in [0.25, 0.3) is 0 Å². The summed E-state index contributed by atoms with van der Waals surface area (Å²) in [5.74, 6) is 0. The molecule has 0 N–H and O–H groups in total. The Bertz CT molecular complexity index is 66.2. The molecule has 0 unspecified atom stereocenters. The fourth-order valence-electron chi connectivity index (χ4n) is 0.772. The fourth-order valence-corrected chi connectivity index (χ4v) is 0.772. The van der Waals surface area contributed by atoms with E-state index in [0.717, 1.165) is 26.1 Å². The molecule has 0 aromatic carbocycles. The molecule has 0 aromatic heterocycles. The molecule has 0 spiro atoms. The minimum absolute atomic E-state index is 0.142. The maximum Gasteiger partial charge on any atom is 0.106 e. The van der Waals surface area contributed by atoms with Crippen LogP contribution in [0.5, 0.6) is 0 Å². The van der Waals surface area contributed by atoms with Crippen molar-refractivity contribution in [1.82, 2.24) is 0 Å². The summed E-state index contributed by atoms with van der Waals surface area (Å²) in [5.41, 5.74) is 0. The van der Waals surface area contributed by atoms with Crippen molar-refractivity contribution in [1.29, 1.82) is 0 Å². The molecule has 0 aromatic rings. The molecule has 0 rings (SSSR count). The zero-order valence-corrected chi connectivity index (χ0v) is 7.88. The van der Waals surface area contributed by atoms with Gasteiger partial charge in [-0.2, -0.15) is 0 Å². The molecule has 0 fully saturated rings. The summed E-state index contributed by atoms with van der Waals surface area (Å²) in [6.07, 6.45) is 3.19. The van der Waals surface area contributed by atoms with E-state index in [1.807, 2.05) is 0 Å². The maximum atomic E-state index is 9.95. The third kappa shape index (κ3) is 9.88. The minimum atomic E-state index is -0.142. The van der Waals surface area contributed by atoms with Crippen LogP contribution in [0.15, 0.2) is 0 Å². The Balaban J connectivity index is 2.73. The Morgan fingerprint density at radius 2 is 1.50 bits per heavy atom. The zero-order chi connectivity index (χ0) is 9.07. The Morgan fingerprint density at radius 1 is 0.917 bits per heavy atom. The SMILES string of the molecule is CCCCOCCCOCC[O]. The van der Waals surface area contributed by atoms with Crippen LogP contribution in [0.2, 0.25) is 0 Å². The van der Waals surface area contributed by atoms with Crippen LogP contribution in [0.3, 0.4) is 0 Å². The summed E-state index contributed by atoms with van der Waals surface area (Å²) < 4.78 is 10.3. The van der Waals surface area contributed by atoms with E-state index >= 15 is 0 Å². The summed E-state index contributed by atoms with van der Waals surface area (Å²) in [4.78, 5) is 0. The first-order chi connectivity index (χ1) is 5.91. The van der Waals surface area contributed by atoms with Crippen LogP contribution in [0.1, 0.15) is 26.2 Å². The van der Waals surface area contributed by atoms with Crippen molar-refractivity contribution in [3.63, 3.8) is 0 Å². The van der Waals surface area contributed by atoms with Crippen molar-refractivity contribution in [2.24, 2.45) is 0 Å². The van der Waals surface area contributed by atoms with E-state index in [-0.39, 0.29) is 6.61 Å². The Hall–Kier alpha value is -0.120. The number of unbranched alkanes of at least 4 members (excludes halogenated alkanes) is 1. The quantitative estimate of drug-likeness (QED) is 0.500. The second-order valence-corrected chi connectivity index (χ2v) is 2.64. The van der Waals surface area contributed by atoms with Crippen LogP contribution >= 0.6 is 0 Å². The molecule has 3 nitrogen and oxygen atoms in total. The number of hydrogen-bond acceptors (Lipinski definition) is 2. The first-order valence-electron chi connectivity index (χ1n) is 4.65. The van der Waals surface area contributed by atoms with E-state index in [2.05, 4.69) is 6.92 Å². The van der Waals surface area contributed by atoms with Crippen molar-refractivity contribution in [3.8, 4) is 0 Å². The Morgan fingerprint density at radius 3 is 2.08 bits per heavy atom. The highest BCUT2D eigenvalue weighted by atomic mass is 16.5. The normalized spacial score (nSPS) is 10.5. The molecule has 3 heteroatoms. The van der Waals surface area contributed by atoms with Crippen molar-refractivity contribution < 1.29 is 14.6 Å². The van der Waals surface area contributed by atoms with Gasteiger partial charge in [-0.3, -0.25) is 0 Å². The molecule has 0 saturated carbocycles. The first kappa shape index (κ1) is 11.9. The summed E-state index contributed by atoms with van der Waals surface area (Å²) in [6, 6.07) is 0. The predicted molar refractivity (Wildman–Crippen MR) is 46.7 cm³/mol. The third-order valence-corrected chi connectivity index (χ3v) is 1.45. The van der Waals surface area contributed by atoms with E-state index in [1.165, 1.54) is 6.42 Å². The predicted octanol–water partition coefficient (Wildman–Crippen LogP) is 1.64. The summed E-state index contributed by atoms with van der Waals surface area (Å²) >= 11 is 0. The van der Waals surface area contributed by atoms with Gasteiger partial charge in [0.05, 0.1) is 6.61 Å². The summed E-state index contributed by atoms with van der Waals surface area (Å²) in [5, 5.41) is 9.95. The molecule has 73 valence electrons. The van der Waals surface area contributed by atoms with Gasteiger partial charge in [0, 0.05) is 19.8 Å². The first-order valence-corrected chi connectivity index (χ1v) is 4.65. The largest absolute Gasteiger partial charge is 0.381 e. The second kappa shape index (κ2) is 10.9. The number of rotatable bonds is 9.